The summed E-state index contributed by atoms with van der Waals surface area (Å²) in [5, 5.41) is 11.7. The highest BCUT2D eigenvalue weighted by molar-refractivity contribution is 7.11. The second-order valence-electron chi connectivity index (χ2n) is 4.69. The molecule has 0 aliphatic carbocycles. The SMILES string of the molecule is Cc1ccc(CNC(=O)N2CCOCC2CC(=O)O)s1. The van der Waals surface area contributed by atoms with E-state index in [0.29, 0.717) is 19.7 Å². The first-order chi connectivity index (χ1) is 9.56. The molecule has 0 bridgehead atoms. The molecule has 1 saturated heterocycles. The first kappa shape index (κ1) is 14.8. The maximum atomic E-state index is 12.1. The zero-order chi connectivity index (χ0) is 14.5. The van der Waals surface area contributed by atoms with Crippen LogP contribution in [0, 0.1) is 6.92 Å². The lowest BCUT2D eigenvalue weighted by molar-refractivity contribution is -0.139. The van der Waals surface area contributed by atoms with Gasteiger partial charge in [-0.15, -0.1) is 11.3 Å². The van der Waals surface area contributed by atoms with Crippen molar-refractivity contribution in [2.24, 2.45) is 0 Å². The number of urea groups is 1. The summed E-state index contributed by atoms with van der Waals surface area (Å²) in [7, 11) is 0. The van der Waals surface area contributed by atoms with E-state index in [0.717, 1.165) is 4.88 Å². The number of hydrogen-bond donors (Lipinski definition) is 2. The van der Waals surface area contributed by atoms with Crippen molar-refractivity contribution in [3.05, 3.63) is 21.9 Å². The lowest BCUT2D eigenvalue weighted by atomic mass is 10.1. The van der Waals surface area contributed by atoms with E-state index in [1.807, 2.05) is 19.1 Å². The van der Waals surface area contributed by atoms with Gasteiger partial charge >= 0.3 is 12.0 Å². The van der Waals surface area contributed by atoms with E-state index in [1.165, 1.54) is 4.88 Å². The summed E-state index contributed by atoms with van der Waals surface area (Å²) in [6.45, 7) is 3.63. The number of hydrogen-bond acceptors (Lipinski definition) is 4. The van der Waals surface area contributed by atoms with Crippen LogP contribution in [0.2, 0.25) is 0 Å². The van der Waals surface area contributed by atoms with E-state index < -0.39 is 12.0 Å². The first-order valence-electron chi connectivity index (χ1n) is 6.45. The van der Waals surface area contributed by atoms with Gasteiger partial charge in [-0.25, -0.2) is 4.79 Å². The van der Waals surface area contributed by atoms with Crippen molar-refractivity contribution in [1.29, 1.82) is 0 Å². The van der Waals surface area contributed by atoms with Crippen LogP contribution in [-0.4, -0.2) is 47.8 Å². The normalized spacial score (nSPS) is 18.9. The fraction of sp³-hybridized carbons (Fsp3) is 0.538. The van der Waals surface area contributed by atoms with Crippen LogP contribution in [0.15, 0.2) is 12.1 Å². The minimum Gasteiger partial charge on any atom is -0.481 e. The molecule has 1 atom stereocenters. The Morgan fingerprint density at radius 3 is 3.00 bits per heavy atom. The van der Waals surface area contributed by atoms with Crippen LogP contribution in [0.1, 0.15) is 16.2 Å². The number of morpholine rings is 1. The molecule has 0 aromatic carbocycles. The van der Waals surface area contributed by atoms with Crippen molar-refractivity contribution < 1.29 is 19.4 Å². The number of carbonyl (C=O) groups is 2. The second kappa shape index (κ2) is 6.71. The van der Waals surface area contributed by atoms with Crippen molar-refractivity contribution in [3.63, 3.8) is 0 Å². The van der Waals surface area contributed by atoms with Crippen LogP contribution in [0.3, 0.4) is 0 Å². The first-order valence-corrected chi connectivity index (χ1v) is 7.27. The lowest BCUT2D eigenvalue weighted by Gasteiger charge is -2.34. The smallest absolute Gasteiger partial charge is 0.318 e. The highest BCUT2D eigenvalue weighted by Gasteiger charge is 2.28. The number of carbonyl (C=O) groups excluding carboxylic acids is 1. The number of carboxylic acid groups (broad SMARTS) is 1. The van der Waals surface area contributed by atoms with Crippen LogP contribution < -0.4 is 5.32 Å². The molecule has 2 rings (SSSR count). The molecule has 1 aliphatic rings. The Morgan fingerprint density at radius 1 is 1.55 bits per heavy atom. The van der Waals surface area contributed by atoms with E-state index in [4.69, 9.17) is 9.84 Å². The van der Waals surface area contributed by atoms with Gasteiger partial charge in [0.1, 0.15) is 0 Å². The molecule has 1 aliphatic heterocycles. The zero-order valence-electron chi connectivity index (χ0n) is 11.3. The third-order valence-electron chi connectivity index (χ3n) is 3.11. The Hall–Kier alpha value is -1.60. The fourth-order valence-corrected chi connectivity index (χ4v) is 2.97. The number of thiophene rings is 1. The third-order valence-corrected chi connectivity index (χ3v) is 4.11. The van der Waals surface area contributed by atoms with E-state index in [2.05, 4.69) is 5.32 Å². The number of aryl methyl sites for hydroxylation is 1. The molecule has 1 fully saturated rings. The summed E-state index contributed by atoms with van der Waals surface area (Å²) in [6, 6.07) is 3.36. The van der Waals surface area contributed by atoms with Crippen molar-refractivity contribution >= 4 is 23.3 Å². The minimum atomic E-state index is -0.924. The molecule has 110 valence electrons. The molecular weight excluding hydrogens is 280 g/mol. The Bertz CT molecular complexity index is 488. The highest BCUT2D eigenvalue weighted by Crippen LogP contribution is 2.15. The largest absolute Gasteiger partial charge is 0.481 e. The van der Waals surface area contributed by atoms with Crippen LogP contribution in [0.5, 0.6) is 0 Å². The summed E-state index contributed by atoms with van der Waals surface area (Å²) in [5.74, 6) is -0.924. The molecule has 7 heteroatoms. The maximum absolute atomic E-state index is 12.1. The van der Waals surface area contributed by atoms with Gasteiger partial charge in [-0.3, -0.25) is 4.79 Å². The van der Waals surface area contributed by atoms with Gasteiger partial charge in [0.15, 0.2) is 0 Å². The number of nitrogens with one attached hydrogen (secondary N) is 1. The molecule has 2 N–H and O–H groups in total. The van der Waals surface area contributed by atoms with Crippen LogP contribution >= 0.6 is 11.3 Å². The molecule has 0 spiro atoms. The Morgan fingerprint density at radius 2 is 2.35 bits per heavy atom. The standard InChI is InChI=1S/C13H18N2O4S/c1-9-2-3-11(20-9)7-14-13(18)15-4-5-19-8-10(15)6-12(16)17/h2-3,10H,4-8H2,1H3,(H,14,18)(H,16,17). The van der Waals surface area contributed by atoms with Gasteiger partial charge in [-0.1, -0.05) is 0 Å². The molecule has 0 radical (unpaired) electrons. The van der Waals surface area contributed by atoms with Gasteiger partial charge in [-0.2, -0.15) is 0 Å². The van der Waals surface area contributed by atoms with Crippen molar-refractivity contribution in [1.82, 2.24) is 10.2 Å². The second-order valence-corrected chi connectivity index (χ2v) is 6.06. The van der Waals surface area contributed by atoms with Gasteiger partial charge in [0, 0.05) is 16.3 Å². The maximum Gasteiger partial charge on any atom is 0.318 e. The van der Waals surface area contributed by atoms with Crippen LogP contribution in [0.25, 0.3) is 0 Å². The summed E-state index contributed by atoms with van der Waals surface area (Å²) in [4.78, 5) is 26.8. The molecule has 1 unspecified atom stereocenters. The quantitative estimate of drug-likeness (QED) is 0.881. The van der Waals surface area contributed by atoms with Crippen molar-refractivity contribution in [3.8, 4) is 0 Å². The average molecular weight is 298 g/mol. The van der Waals surface area contributed by atoms with Gasteiger partial charge in [0.25, 0.3) is 0 Å². The molecule has 2 amide bonds. The number of ether oxygens (including phenoxy) is 1. The van der Waals surface area contributed by atoms with Gasteiger partial charge in [0.2, 0.25) is 0 Å². The van der Waals surface area contributed by atoms with Crippen LogP contribution in [0.4, 0.5) is 4.79 Å². The van der Waals surface area contributed by atoms with Crippen molar-refractivity contribution in [2.45, 2.75) is 25.9 Å². The Labute approximate surface area is 121 Å². The predicted molar refractivity (Wildman–Crippen MR) is 74.9 cm³/mol. The predicted octanol–water partition coefficient (Wildman–Crippen LogP) is 1.44. The number of amides is 2. The lowest BCUT2D eigenvalue weighted by Crippen LogP contribution is -2.52. The zero-order valence-corrected chi connectivity index (χ0v) is 12.1. The molecule has 1 aromatic rings. The fourth-order valence-electron chi connectivity index (χ4n) is 2.14. The summed E-state index contributed by atoms with van der Waals surface area (Å²) < 4.78 is 5.25. The summed E-state index contributed by atoms with van der Waals surface area (Å²) in [5.41, 5.74) is 0. The molecular formula is C13H18N2O4S. The molecule has 20 heavy (non-hydrogen) atoms. The summed E-state index contributed by atoms with van der Waals surface area (Å²) in [6.07, 6.45) is -0.0917. The number of aliphatic carboxylic acids is 1. The minimum absolute atomic E-state index is 0.0917. The number of nitrogens with zero attached hydrogens (tertiary/aromatic N) is 1. The Kier molecular flexibility index (Phi) is 4.97. The number of carboxylic acids is 1. The highest BCUT2D eigenvalue weighted by atomic mass is 32.1. The van der Waals surface area contributed by atoms with E-state index in [9.17, 15) is 9.59 Å². The molecule has 2 heterocycles. The molecule has 0 saturated carbocycles. The van der Waals surface area contributed by atoms with Crippen LogP contribution in [-0.2, 0) is 16.1 Å². The summed E-state index contributed by atoms with van der Waals surface area (Å²) >= 11 is 1.64. The van der Waals surface area contributed by atoms with Crippen molar-refractivity contribution in [2.75, 3.05) is 19.8 Å². The van der Waals surface area contributed by atoms with Gasteiger partial charge in [0.05, 0.1) is 32.2 Å². The average Bonchev–Trinajstić information content (AvgIpc) is 2.82. The molecule has 6 nitrogen and oxygen atoms in total. The topological polar surface area (TPSA) is 78.9 Å². The number of rotatable bonds is 4. The monoisotopic (exact) mass is 298 g/mol. The van der Waals surface area contributed by atoms with E-state index >= 15 is 0 Å². The van der Waals surface area contributed by atoms with Gasteiger partial charge < -0.3 is 20.1 Å². The third kappa shape index (κ3) is 3.94. The molecule has 1 aromatic heterocycles. The van der Waals surface area contributed by atoms with E-state index in [1.54, 1.807) is 16.2 Å². The van der Waals surface area contributed by atoms with Gasteiger partial charge in [-0.05, 0) is 19.1 Å². The van der Waals surface area contributed by atoms with E-state index in [-0.39, 0.29) is 19.1 Å². The Balaban J connectivity index is 1.90.